The Hall–Kier alpha value is -0.620. The van der Waals surface area contributed by atoms with E-state index in [2.05, 4.69) is 10.6 Å². The Balaban J connectivity index is 1.94. The zero-order valence-electron chi connectivity index (χ0n) is 10.9. The van der Waals surface area contributed by atoms with Crippen LogP contribution in [0.25, 0.3) is 0 Å². The van der Waals surface area contributed by atoms with Gasteiger partial charge < -0.3 is 10.6 Å². The van der Waals surface area contributed by atoms with Crippen LogP contribution in [0.3, 0.4) is 0 Å². The number of nitrogens with one attached hydrogen (secondary N) is 2. The fourth-order valence-electron chi connectivity index (χ4n) is 2.70. The Morgan fingerprint density at radius 1 is 1.33 bits per heavy atom. The molecule has 2 heterocycles. The van der Waals surface area contributed by atoms with Crippen molar-refractivity contribution in [2.45, 2.75) is 38.6 Å². The van der Waals surface area contributed by atoms with E-state index in [4.69, 9.17) is 0 Å². The highest BCUT2D eigenvalue weighted by molar-refractivity contribution is 7.91. The number of hydrogen-bond donors (Lipinski definition) is 2. The maximum Gasteiger partial charge on any atom is 0.226 e. The molecule has 0 saturated carbocycles. The van der Waals surface area contributed by atoms with Gasteiger partial charge in [0, 0.05) is 11.5 Å². The molecule has 0 aromatic carbocycles. The summed E-state index contributed by atoms with van der Waals surface area (Å²) in [5, 5.41) is 6.17. The average molecular weight is 274 g/mol. The Bertz CT molecular complexity index is 413. The number of carbonyl (C=O) groups excluding carboxylic acids is 1. The van der Waals surface area contributed by atoms with Gasteiger partial charge in [-0.05, 0) is 38.8 Å². The van der Waals surface area contributed by atoms with Gasteiger partial charge in [0.15, 0.2) is 9.84 Å². The third-order valence-corrected chi connectivity index (χ3v) is 5.87. The lowest BCUT2D eigenvalue weighted by atomic mass is 9.80. The molecule has 0 bridgehead atoms. The zero-order valence-corrected chi connectivity index (χ0v) is 11.7. The molecule has 0 aromatic rings. The normalized spacial score (nSPS) is 30.6. The molecule has 0 aliphatic carbocycles. The molecule has 0 radical (unpaired) electrons. The van der Waals surface area contributed by atoms with E-state index in [0.29, 0.717) is 6.42 Å². The fourth-order valence-corrected chi connectivity index (χ4v) is 4.34. The number of sulfone groups is 1. The van der Waals surface area contributed by atoms with Gasteiger partial charge in [-0.3, -0.25) is 4.79 Å². The van der Waals surface area contributed by atoms with E-state index in [1.165, 1.54) is 0 Å². The topological polar surface area (TPSA) is 75.3 Å². The molecule has 2 saturated heterocycles. The molecule has 18 heavy (non-hydrogen) atoms. The molecule has 1 unspecified atom stereocenters. The van der Waals surface area contributed by atoms with E-state index < -0.39 is 9.84 Å². The number of rotatable bonds is 2. The van der Waals surface area contributed by atoms with Crippen molar-refractivity contribution in [2.75, 3.05) is 24.6 Å². The van der Waals surface area contributed by atoms with Crippen LogP contribution in [0.1, 0.15) is 32.6 Å². The van der Waals surface area contributed by atoms with Crippen LogP contribution in [0.5, 0.6) is 0 Å². The predicted molar refractivity (Wildman–Crippen MR) is 70.0 cm³/mol. The first-order valence-electron chi connectivity index (χ1n) is 6.63. The van der Waals surface area contributed by atoms with Crippen molar-refractivity contribution in [3.8, 4) is 0 Å². The number of piperidine rings is 1. The van der Waals surface area contributed by atoms with E-state index in [0.717, 1.165) is 32.4 Å². The highest BCUT2D eigenvalue weighted by atomic mass is 32.2. The number of amides is 1. The van der Waals surface area contributed by atoms with Crippen LogP contribution in [-0.4, -0.2) is 45.0 Å². The van der Waals surface area contributed by atoms with Gasteiger partial charge in [0.05, 0.1) is 11.5 Å². The lowest BCUT2D eigenvalue weighted by Gasteiger charge is -2.34. The van der Waals surface area contributed by atoms with Gasteiger partial charge in [-0.1, -0.05) is 6.92 Å². The summed E-state index contributed by atoms with van der Waals surface area (Å²) in [6, 6.07) is -0.192. The van der Waals surface area contributed by atoms with Crippen molar-refractivity contribution >= 4 is 15.7 Å². The fraction of sp³-hybridized carbons (Fsp3) is 0.917. The zero-order chi connectivity index (χ0) is 13.2. The molecule has 0 spiro atoms. The summed E-state index contributed by atoms with van der Waals surface area (Å²) in [7, 11) is -2.96. The maximum atomic E-state index is 12.3. The second-order valence-electron chi connectivity index (χ2n) is 5.74. The molecule has 1 atom stereocenters. The minimum Gasteiger partial charge on any atom is -0.352 e. The monoisotopic (exact) mass is 274 g/mol. The van der Waals surface area contributed by atoms with Crippen LogP contribution in [0.2, 0.25) is 0 Å². The van der Waals surface area contributed by atoms with Gasteiger partial charge in [0.2, 0.25) is 5.91 Å². The molecule has 1 amide bonds. The Morgan fingerprint density at radius 2 is 2.00 bits per heavy atom. The summed E-state index contributed by atoms with van der Waals surface area (Å²) in [5.41, 5.74) is -0.341. The average Bonchev–Trinajstić information content (AvgIpc) is 2.28. The van der Waals surface area contributed by atoms with E-state index in [1.54, 1.807) is 0 Å². The lowest BCUT2D eigenvalue weighted by molar-refractivity contribution is -0.132. The predicted octanol–water partition coefficient (Wildman–Crippen LogP) is 0.0695. The maximum absolute atomic E-state index is 12.3. The van der Waals surface area contributed by atoms with Gasteiger partial charge in [0.25, 0.3) is 0 Å². The molecule has 5 nitrogen and oxygen atoms in total. The van der Waals surface area contributed by atoms with Crippen molar-refractivity contribution < 1.29 is 13.2 Å². The van der Waals surface area contributed by atoms with Crippen molar-refractivity contribution in [2.24, 2.45) is 5.41 Å². The van der Waals surface area contributed by atoms with Crippen LogP contribution in [0.15, 0.2) is 0 Å². The van der Waals surface area contributed by atoms with Crippen molar-refractivity contribution in [3.05, 3.63) is 0 Å². The molecular formula is C12H22N2O3S. The first-order valence-corrected chi connectivity index (χ1v) is 8.46. The van der Waals surface area contributed by atoms with E-state index in [1.807, 2.05) is 6.92 Å². The van der Waals surface area contributed by atoms with Gasteiger partial charge in [-0.25, -0.2) is 8.42 Å². The number of carbonyl (C=O) groups is 1. The van der Waals surface area contributed by atoms with E-state index in [-0.39, 0.29) is 28.9 Å². The number of hydrogen-bond acceptors (Lipinski definition) is 4. The summed E-state index contributed by atoms with van der Waals surface area (Å²) < 4.78 is 23.1. The molecular weight excluding hydrogens is 252 g/mol. The largest absolute Gasteiger partial charge is 0.352 e. The smallest absolute Gasteiger partial charge is 0.226 e. The SMILES string of the molecule is CC1(C(=O)NC2CCCS(=O)(=O)C2)CCNCC1. The molecule has 2 fully saturated rings. The molecule has 2 rings (SSSR count). The molecule has 2 aliphatic heterocycles. The molecule has 2 N–H and O–H groups in total. The molecule has 2 aliphatic rings. The van der Waals surface area contributed by atoms with Crippen molar-refractivity contribution in [1.82, 2.24) is 10.6 Å². The Kier molecular flexibility index (Phi) is 3.96. The van der Waals surface area contributed by atoms with Crippen LogP contribution in [-0.2, 0) is 14.6 Å². The third-order valence-electron chi connectivity index (χ3n) is 4.05. The Labute approximate surface area is 109 Å². The molecule has 6 heteroatoms. The first-order chi connectivity index (χ1) is 8.41. The summed E-state index contributed by atoms with van der Waals surface area (Å²) in [4.78, 5) is 12.3. The first kappa shape index (κ1) is 13.8. The molecule has 104 valence electrons. The van der Waals surface area contributed by atoms with Crippen LogP contribution in [0.4, 0.5) is 0 Å². The summed E-state index contributed by atoms with van der Waals surface area (Å²) in [6.45, 7) is 3.68. The van der Waals surface area contributed by atoms with Crippen LogP contribution >= 0.6 is 0 Å². The minimum atomic E-state index is -2.96. The third kappa shape index (κ3) is 3.23. The minimum absolute atomic E-state index is 0.0195. The van der Waals surface area contributed by atoms with Crippen LogP contribution in [0, 0.1) is 5.41 Å². The molecule has 0 aromatic heterocycles. The van der Waals surface area contributed by atoms with E-state index in [9.17, 15) is 13.2 Å². The van der Waals surface area contributed by atoms with Gasteiger partial charge in [0.1, 0.15) is 0 Å². The second kappa shape index (κ2) is 5.17. The quantitative estimate of drug-likeness (QED) is 0.747. The highest BCUT2D eigenvalue weighted by Crippen LogP contribution is 2.28. The van der Waals surface area contributed by atoms with Crippen LogP contribution < -0.4 is 10.6 Å². The van der Waals surface area contributed by atoms with E-state index >= 15 is 0 Å². The Morgan fingerprint density at radius 3 is 2.61 bits per heavy atom. The standard InChI is InChI=1S/C12H22N2O3S/c1-12(4-6-13-7-5-12)11(15)14-10-3-2-8-18(16,17)9-10/h10,13H,2-9H2,1H3,(H,14,15). The van der Waals surface area contributed by atoms with Gasteiger partial charge in [-0.2, -0.15) is 0 Å². The van der Waals surface area contributed by atoms with Gasteiger partial charge >= 0.3 is 0 Å². The second-order valence-corrected chi connectivity index (χ2v) is 7.97. The van der Waals surface area contributed by atoms with Gasteiger partial charge in [-0.15, -0.1) is 0 Å². The highest BCUT2D eigenvalue weighted by Gasteiger charge is 2.36. The lowest BCUT2D eigenvalue weighted by Crippen LogP contribution is -2.51. The van der Waals surface area contributed by atoms with Crippen molar-refractivity contribution in [1.29, 1.82) is 0 Å². The summed E-state index contributed by atoms with van der Waals surface area (Å²) >= 11 is 0. The summed E-state index contributed by atoms with van der Waals surface area (Å²) in [6.07, 6.45) is 3.07. The summed E-state index contributed by atoms with van der Waals surface area (Å²) in [5.74, 6) is 0.388. The van der Waals surface area contributed by atoms with Crippen molar-refractivity contribution in [3.63, 3.8) is 0 Å².